The number of carbonyl (C=O) groups is 1. The van der Waals surface area contributed by atoms with Gasteiger partial charge >= 0.3 is 0 Å². The van der Waals surface area contributed by atoms with Crippen LogP contribution in [0.5, 0.6) is 0 Å². The molecule has 0 spiro atoms. The minimum absolute atomic E-state index is 0.216. The summed E-state index contributed by atoms with van der Waals surface area (Å²) < 4.78 is 0. The molecule has 0 saturated carbocycles. The van der Waals surface area contributed by atoms with Crippen molar-refractivity contribution >= 4 is 5.91 Å². The number of hydrazine groups is 1. The lowest BCUT2D eigenvalue weighted by Crippen LogP contribution is -2.51. The molecule has 0 aromatic carbocycles. The number of rotatable bonds is 3. The fourth-order valence-electron chi connectivity index (χ4n) is 1.54. The first-order valence-corrected chi connectivity index (χ1v) is 4.55. The van der Waals surface area contributed by atoms with Gasteiger partial charge in [0.15, 0.2) is 0 Å². The zero-order valence-corrected chi connectivity index (χ0v) is 7.62. The van der Waals surface area contributed by atoms with Crippen LogP contribution in [0.25, 0.3) is 0 Å². The van der Waals surface area contributed by atoms with Crippen molar-refractivity contribution in [3.63, 3.8) is 0 Å². The van der Waals surface area contributed by atoms with E-state index in [4.69, 9.17) is 5.73 Å². The van der Waals surface area contributed by atoms with Crippen LogP contribution in [0.2, 0.25) is 0 Å². The summed E-state index contributed by atoms with van der Waals surface area (Å²) in [7, 11) is 0. The Morgan fingerprint density at radius 3 is 2.92 bits per heavy atom. The molecule has 0 radical (unpaired) electrons. The molecule has 12 heavy (non-hydrogen) atoms. The molecule has 1 saturated heterocycles. The van der Waals surface area contributed by atoms with Crippen LogP contribution in [0.3, 0.4) is 0 Å². The third-order valence-electron chi connectivity index (χ3n) is 2.14. The maximum Gasteiger partial charge on any atom is 0.236 e. The molecular formula is C8H17N3O. The monoisotopic (exact) mass is 171 g/mol. The molecule has 0 aliphatic carbocycles. The third-order valence-corrected chi connectivity index (χ3v) is 2.14. The molecule has 0 bridgehead atoms. The maximum absolute atomic E-state index is 11.4. The Morgan fingerprint density at radius 2 is 2.33 bits per heavy atom. The summed E-state index contributed by atoms with van der Waals surface area (Å²) in [6.07, 6.45) is 1.66. The molecular weight excluding hydrogens is 154 g/mol. The predicted molar refractivity (Wildman–Crippen MR) is 47.2 cm³/mol. The van der Waals surface area contributed by atoms with E-state index in [-0.39, 0.29) is 5.91 Å². The molecule has 1 amide bonds. The molecule has 0 aromatic rings. The first-order valence-electron chi connectivity index (χ1n) is 4.55. The fraction of sp³-hybridized carbons (Fsp3) is 0.875. The van der Waals surface area contributed by atoms with E-state index in [1.54, 1.807) is 5.01 Å². The van der Waals surface area contributed by atoms with Gasteiger partial charge in [0, 0.05) is 32.6 Å². The van der Waals surface area contributed by atoms with Crippen molar-refractivity contribution in [2.24, 2.45) is 5.73 Å². The van der Waals surface area contributed by atoms with Gasteiger partial charge < -0.3 is 5.73 Å². The topological polar surface area (TPSA) is 49.6 Å². The van der Waals surface area contributed by atoms with Crippen LogP contribution in [0, 0.1) is 0 Å². The zero-order chi connectivity index (χ0) is 8.97. The molecule has 1 heterocycles. The average molecular weight is 171 g/mol. The van der Waals surface area contributed by atoms with Crippen LogP contribution >= 0.6 is 0 Å². The smallest absolute Gasteiger partial charge is 0.236 e. The van der Waals surface area contributed by atoms with Crippen molar-refractivity contribution in [2.75, 3.05) is 26.2 Å². The van der Waals surface area contributed by atoms with Gasteiger partial charge in [-0.15, -0.1) is 0 Å². The Morgan fingerprint density at radius 1 is 1.58 bits per heavy atom. The van der Waals surface area contributed by atoms with Gasteiger partial charge in [0.2, 0.25) is 5.91 Å². The molecule has 4 nitrogen and oxygen atoms in total. The van der Waals surface area contributed by atoms with Gasteiger partial charge in [-0.3, -0.25) is 9.80 Å². The molecule has 2 N–H and O–H groups in total. The Labute approximate surface area is 73.3 Å². The van der Waals surface area contributed by atoms with Gasteiger partial charge in [-0.05, 0) is 6.42 Å². The molecule has 0 unspecified atom stereocenters. The number of carbonyl (C=O) groups excluding carboxylic acids is 1. The largest absolute Gasteiger partial charge is 0.329 e. The number of nitrogens with two attached hydrogens (primary N) is 1. The van der Waals surface area contributed by atoms with Crippen molar-refractivity contribution in [3.05, 3.63) is 0 Å². The van der Waals surface area contributed by atoms with Crippen LogP contribution in [0.15, 0.2) is 0 Å². The van der Waals surface area contributed by atoms with Crippen LogP contribution in [-0.4, -0.2) is 42.1 Å². The second kappa shape index (κ2) is 4.42. The lowest BCUT2D eigenvalue weighted by molar-refractivity contribution is -0.154. The third kappa shape index (κ3) is 1.95. The minimum Gasteiger partial charge on any atom is -0.329 e. The van der Waals surface area contributed by atoms with E-state index in [0.717, 1.165) is 19.5 Å². The number of nitrogens with zero attached hydrogens (tertiary/aromatic N) is 2. The lowest BCUT2D eigenvalue weighted by Gasteiger charge is -2.37. The fourth-order valence-corrected chi connectivity index (χ4v) is 1.54. The van der Waals surface area contributed by atoms with E-state index in [9.17, 15) is 4.79 Å². The molecule has 1 aliphatic rings. The van der Waals surface area contributed by atoms with Crippen LogP contribution in [0.4, 0.5) is 0 Å². The van der Waals surface area contributed by atoms with Crippen LogP contribution in [-0.2, 0) is 4.79 Å². The number of hydrogen-bond acceptors (Lipinski definition) is 3. The van der Waals surface area contributed by atoms with Gasteiger partial charge in [0.25, 0.3) is 0 Å². The average Bonchev–Trinajstić information content (AvgIpc) is 2.09. The Hall–Kier alpha value is -0.610. The maximum atomic E-state index is 11.4. The van der Waals surface area contributed by atoms with Gasteiger partial charge in [-0.25, -0.2) is 5.01 Å². The van der Waals surface area contributed by atoms with E-state index < -0.39 is 0 Å². The minimum atomic E-state index is 0.216. The molecule has 0 aromatic heterocycles. The second-order valence-electron chi connectivity index (χ2n) is 2.96. The molecule has 70 valence electrons. The molecule has 1 rings (SSSR count). The summed E-state index contributed by atoms with van der Waals surface area (Å²) in [6, 6.07) is 0. The molecule has 1 fully saturated rings. The van der Waals surface area contributed by atoms with Crippen molar-refractivity contribution < 1.29 is 4.79 Å². The highest BCUT2D eigenvalue weighted by Gasteiger charge is 2.23. The summed E-state index contributed by atoms with van der Waals surface area (Å²) in [4.78, 5) is 11.4. The number of amides is 1. The van der Waals surface area contributed by atoms with Gasteiger partial charge in [-0.2, -0.15) is 0 Å². The SMILES string of the molecule is CCN1CCCC(=O)N1CCN. The van der Waals surface area contributed by atoms with Crippen molar-refractivity contribution in [3.8, 4) is 0 Å². The van der Waals surface area contributed by atoms with E-state index in [1.807, 2.05) is 0 Å². The second-order valence-corrected chi connectivity index (χ2v) is 2.96. The predicted octanol–water partition coefficient (Wildman–Crippen LogP) is -0.196. The van der Waals surface area contributed by atoms with Gasteiger partial charge in [-0.1, -0.05) is 6.92 Å². The normalized spacial score (nSPS) is 20.2. The highest BCUT2D eigenvalue weighted by molar-refractivity contribution is 5.76. The van der Waals surface area contributed by atoms with Crippen molar-refractivity contribution in [2.45, 2.75) is 19.8 Å². The van der Waals surface area contributed by atoms with E-state index in [0.29, 0.717) is 19.5 Å². The van der Waals surface area contributed by atoms with Crippen molar-refractivity contribution in [1.82, 2.24) is 10.0 Å². The summed E-state index contributed by atoms with van der Waals surface area (Å²) in [5, 5.41) is 3.85. The Kier molecular flexibility index (Phi) is 3.49. The van der Waals surface area contributed by atoms with E-state index in [1.165, 1.54) is 0 Å². The van der Waals surface area contributed by atoms with Crippen molar-refractivity contribution in [1.29, 1.82) is 0 Å². The van der Waals surface area contributed by atoms with Gasteiger partial charge in [0.1, 0.15) is 0 Å². The molecule has 4 heteroatoms. The summed E-state index contributed by atoms with van der Waals surface area (Å²) in [5.41, 5.74) is 5.42. The molecule has 0 atom stereocenters. The highest BCUT2D eigenvalue weighted by Crippen LogP contribution is 2.10. The lowest BCUT2D eigenvalue weighted by atomic mass is 10.2. The first kappa shape index (κ1) is 9.48. The van der Waals surface area contributed by atoms with Crippen LogP contribution in [0.1, 0.15) is 19.8 Å². The zero-order valence-electron chi connectivity index (χ0n) is 7.62. The van der Waals surface area contributed by atoms with E-state index >= 15 is 0 Å². The number of hydrogen-bond donors (Lipinski definition) is 1. The molecule has 1 aliphatic heterocycles. The summed E-state index contributed by atoms with van der Waals surface area (Å²) in [6.45, 7) is 5.14. The Bertz CT molecular complexity index is 160. The van der Waals surface area contributed by atoms with Crippen LogP contribution < -0.4 is 5.73 Å². The first-order chi connectivity index (χ1) is 5.79. The Balaban J connectivity index is 2.53. The standard InChI is InChI=1S/C8H17N3O/c1-2-10-6-3-4-8(12)11(10)7-5-9/h2-7,9H2,1H3. The highest BCUT2D eigenvalue weighted by atomic mass is 16.2. The quantitative estimate of drug-likeness (QED) is 0.640. The summed E-state index contributed by atoms with van der Waals surface area (Å²) in [5.74, 6) is 0.216. The van der Waals surface area contributed by atoms with E-state index in [2.05, 4.69) is 11.9 Å². The van der Waals surface area contributed by atoms with Gasteiger partial charge in [0.05, 0.1) is 0 Å². The summed E-state index contributed by atoms with van der Waals surface area (Å²) >= 11 is 0.